The molecule has 0 fully saturated rings. The van der Waals surface area contributed by atoms with Crippen molar-refractivity contribution in [3.05, 3.63) is 34.2 Å². The van der Waals surface area contributed by atoms with Gasteiger partial charge in [0.15, 0.2) is 0 Å². The van der Waals surface area contributed by atoms with Crippen molar-refractivity contribution >= 4 is 23.4 Å². The van der Waals surface area contributed by atoms with Crippen LogP contribution in [0.3, 0.4) is 0 Å². The van der Waals surface area contributed by atoms with Gasteiger partial charge in [-0.2, -0.15) is 13.2 Å². The molecule has 0 radical (unpaired) electrons. The number of hydrogen-bond donors (Lipinski definition) is 2. The summed E-state index contributed by atoms with van der Waals surface area (Å²) in [4.78, 5) is 14.2. The summed E-state index contributed by atoms with van der Waals surface area (Å²) in [6.45, 7) is 4.01. The fraction of sp³-hybridized carbons (Fsp3) is 0.462. The SMILES string of the molecule is CC(C)(N)CCn1c(=O)[nH]c2cc(C(F)(F)F)ccc21.Cl. The molecule has 0 spiro atoms. The van der Waals surface area contributed by atoms with Crippen LogP contribution in [0.4, 0.5) is 13.2 Å². The van der Waals surface area contributed by atoms with Crippen LogP contribution in [0.15, 0.2) is 23.0 Å². The van der Waals surface area contributed by atoms with Crippen LogP contribution in [-0.2, 0) is 12.7 Å². The van der Waals surface area contributed by atoms with E-state index in [-0.39, 0.29) is 17.9 Å². The van der Waals surface area contributed by atoms with Gasteiger partial charge in [-0.15, -0.1) is 12.4 Å². The highest BCUT2D eigenvalue weighted by molar-refractivity contribution is 5.85. The van der Waals surface area contributed by atoms with Crippen LogP contribution < -0.4 is 11.4 Å². The summed E-state index contributed by atoms with van der Waals surface area (Å²) in [5, 5.41) is 0. The molecule has 0 bridgehead atoms. The zero-order chi connectivity index (χ0) is 15.1. The average molecular weight is 324 g/mol. The summed E-state index contributed by atoms with van der Waals surface area (Å²) in [6, 6.07) is 3.22. The number of aryl methyl sites for hydroxylation is 1. The lowest BCUT2D eigenvalue weighted by atomic mass is 10.0. The third-order valence-electron chi connectivity index (χ3n) is 3.08. The van der Waals surface area contributed by atoms with E-state index >= 15 is 0 Å². The van der Waals surface area contributed by atoms with Crippen molar-refractivity contribution in [2.24, 2.45) is 5.73 Å². The first-order valence-corrected chi connectivity index (χ1v) is 6.16. The van der Waals surface area contributed by atoms with Crippen molar-refractivity contribution in [3.8, 4) is 0 Å². The third-order valence-corrected chi connectivity index (χ3v) is 3.08. The molecular weight excluding hydrogens is 307 g/mol. The zero-order valence-corrected chi connectivity index (χ0v) is 12.4. The van der Waals surface area contributed by atoms with Crippen LogP contribution in [0, 0.1) is 0 Å². The second-order valence-corrected chi connectivity index (χ2v) is 5.55. The van der Waals surface area contributed by atoms with Crippen molar-refractivity contribution in [3.63, 3.8) is 0 Å². The van der Waals surface area contributed by atoms with Gasteiger partial charge in [0.1, 0.15) is 0 Å². The Morgan fingerprint density at radius 1 is 1.29 bits per heavy atom. The summed E-state index contributed by atoms with van der Waals surface area (Å²) in [5.41, 5.74) is 4.83. The Bertz CT molecular complexity index is 682. The fourth-order valence-electron chi connectivity index (χ4n) is 1.96. The van der Waals surface area contributed by atoms with Crippen LogP contribution in [0.2, 0.25) is 0 Å². The van der Waals surface area contributed by atoms with Crippen LogP contribution in [0.25, 0.3) is 11.0 Å². The van der Waals surface area contributed by atoms with E-state index in [9.17, 15) is 18.0 Å². The minimum absolute atomic E-state index is 0. The number of H-pyrrole nitrogens is 1. The summed E-state index contributed by atoms with van der Waals surface area (Å²) < 4.78 is 39.2. The van der Waals surface area contributed by atoms with Crippen LogP contribution >= 0.6 is 12.4 Å². The monoisotopic (exact) mass is 323 g/mol. The highest BCUT2D eigenvalue weighted by Gasteiger charge is 2.30. The number of aromatic nitrogens is 2. The maximum absolute atomic E-state index is 12.6. The number of nitrogens with zero attached hydrogens (tertiary/aromatic N) is 1. The van der Waals surface area contributed by atoms with E-state index in [2.05, 4.69) is 4.98 Å². The normalized spacial score (nSPS) is 12.5. The third kappa shape index (κ3) is 4.01. The van der Waals surface area contributed by atoms with Gasteiger partial charge < -0.3 is 10.7 Å². The van der Waals surface area contributed by atoms with Crippen molar-refractivity contribution in [1.82, 2.24) is 9.55 Å². The molecule has 2 rings (SSSR count). The number of aromatic amines is 1. The van der Waals surface area contributed by atoms with E-state index < -0.39 is 23.0 Å². The van der Waals surface area contributed by atoms with Gasteiger partial charge in [-0.05, 0) is 38.5 Å². The quantitative estimate of drug-likeness (QED) is 0.912. The molecule has 0 saturated heterocycles. The van der Waals surface area contributed by atoms with Gasteiger partial charge >= 0.3 is 11.9 Å². The highest BCUT2D eigenvalue weighted by atomic mass is 35.5. The molecular formula is C13H17ClF3N3O. The summed E-state index contributed by atoms with van der Waals surface area (Å²) >= 11 is 0. The lowest BCUT2D eigenvalue weighted by Crippen LogP contribution is -2.34. The number of benzene rings is 1. The summed E-state index contributed by atoms with van der Waals surface area (Å²) in [5.74, 6) is 0. The first kappa shape index (κ1) is 17.6. The average Bonchev–Trinajstić information content (AvgIpc) is 2.58. The number of nitrogens with one attached hydrogen (secondary N) is 1. The minimum Gasteiger partial charge on any atom is -0.325 e. The predicted octanol–water partition coefficient (Wildman–Crippen LogP) is 2.90. The smallest absolute Gasteiger partial charge is 0.325 e. The van der Waals surface area contributed by atoms with E-state index in [0.29, 0.717) is 18.5 Å². The van der Waals surface area contributed by atoms with Crippen LogP contribution in [-0.4, -0.2) is 15.1 Å². The van der Waals surface area contributed by atoms with Gasteiger partial charge in [-0.25, -0.2) is 4.79 Å². The molecule has 4 nitrogen and oxygen atoms in total. The van der Waals surface area contributed by atoms with Gasteiger partial charge in [0, 0.05) is 12.1 Å². The van der Waals surface area contributed by atoms with Crippen molar-refractivity contribution in [1.29, 1.82) is 0 Å². The van der Waals surface area contributed by atoms with E-state index in [1.54, 1.807) is 0 Å². The van der Waals surface area contributed by atoms with Gasteiger partial charge in [0.2, 0.25) is 0 Å². The van der Waals surface area contributed by atoms with E-state index in [1.165, 1.54) is 10.6 Å². The molecule has 3 N–H and O–H groups in total. The second kappa shape index (κ2) is 5.73. The highest BCUT2D eigenvalue weighted by Crippen LogP contribution is 2.30. The standard InChI is InChI=1S/C13H16F3N3O.ClH/c1-12(2,17)5-6-19-10-4-3-8(13(14,15)16)7-9(10)18-11(19)20;/h3-4,7H,5-6,17H2,1-2H3,(H,18,20);1H. The Hall–Kier alpha value is -1.47. The maximum atomic E-state index is 12.6. The number of fused-ring (bicyclic) bond motifs is 1. The molecule has 1 heterocycles. The van der Waals surface area contributed by atoms with Crippen molar-refractivity contribution in [2.45, 2.75) is 38.5 Å². The Kier molecular flexibility index (Phi) is 4.80. The minimum atomic E-state index is -4.42. The van der Waals surface area contributed by atoms with Gasteiger partial charge in [-0.1, -0.05) is 0 Å². The molecule has 0 amide bonds. The molecule has 0 saturated carbocycles. The van der Waals surface area contributed by atoms with Gasteiger partial charge in [0.05, 0.1) is 16.6 Å². The molecule has 0 atom stereocenters. The molecule has 0 aliphatic carbocycles. The number of imidazole rings is 1. The van der Waals surface area contributed by atoms with Crippen LogP contribution in [0.1, 0.15) is 25.8 Å². The lowest BCUT2D eigenvalue weighted by Gasteiger charge is -2.18. The predicted molar refractivity (Wildman–Crippen MR) is 77.7 cm³/mol. The molecule has 0 aliphatic rings. The molecule has 1 aromatic heterocycles. The molecule has 1 aromatic carbocycles. The first-order valence-electron chi connectivity index (χ1n) is 6.16. The first-order chi connectivity index (χ1) is 9.08. The van der Waals surface area contributed by atoms with Gasteiger partial charge in [0.25, 0.3) is 0 Å². The Labute approximate surface area is 125 Å². The van der Waals surface area contributed by atoms with E-state index in [0.717, 1.165) is 12.1 Å². The van der Waals surface area contributed by atoms with Crippen molar-refractivity contribution in [2.75, 3.05) is 0 Å². The number of rotatable bonds is 3. The van der Waals surface area contributed by atoms with Crippen LogP contribution in [0.5, 0.6) is 0 Å². The molecule has 0 aliphatic heterocycles. The Balaban J connectivity index is 0.00000220. The Morgan fingerprint density at radius 3 is 2.43 bits per heavy atom. The summed E-state index contributed by atoms with van der Waals surface area (Å²) in [7, 11) is 0. The van der Waals surface area contributed by atoms with Gasteiger partial charge in [-0.3, -0.25) is 4.57 Å². The maximum Gasteiger partial charge on any atom is 0.416 e. The topological polar surface area (TPSA) is 63.8 Å². The molecule has 8 heteroatoms. The van der Waals surface area contributed by atoms with E-state index in [1.807, 2.05) is 13.8 Å². The largest absolute Gasteiger partial charge is 0.416 e. The van der Waals surface area contributed by atoms with E-state index in [4.69, 9.17) is 5.73 Å². The van der Waals surface area contributed by atoms with Crippen molar-refractivity contribution < 1.29 is 13.2 Å². The second-order valence-electron chi connectivity index (χ2n) is 5.55. The fourth-order valence-corrected chi connectivity index (χ4v) is 1.96. The molecule has 2 aromatic rings. The molecule has 118 valence electrons. The number of nitrogens with two attached hydrogens (primary N) is 1. The Morgan fingerprint density at radius 2 is 1.90 bits per heavy atom. The molecule has 21 heavy (non-hydrogen) atoms. The zero-order valence-electron chi connectivity index (χ0n) is 11.6. The number of hydrogen-bond acceptors (Lipinski definition) is 2. The lowest BCUT2D eigenvalue weighted by molar-refractivity contribution is -0.137. The number of alkyl halides is 3. The summed E-state index contributed by atoms with van der Waals surface area (Å²) in [6.07, 6.45) is -3.88. The number of halogens is 4. The molecule has 0 unspecified atom stereocenters.